The van der Waals surface area contributed by atoms with Crippen molar-refractivity contribution in [3.05, 3.63) is 118 Å². The molecule has 0 N–H and O–H groups in total. The van der Waals surface area contributed by atoms with Crippen LogP contribution in [0.25, 0.3) is 23.3 Å². The van der Waals surface area contributed by atoms with Gasteiger partial charge in [0.25, 0.3) is 0 Å². The minimum atomic E-state index is -0.530. The Kier molecular flexibility index (Phi) is 2.95. The molecule has 2 aromatic rings. The second-order valence-corrected chi connectivity index (χ2v) is 7.75. The summed E-state index contributed by atoms with van der Waals surface area (Å²) in [4.78, 5) is 12.8. The van der Waals surface area contributed by atoms with Gasteiger partial charge in [-0.25, -0.2) is 0 Å². The van der Waals surface area contributed by atoms with Gasteiger partial charge in [0.2, 0.25) is 0 Å². The molecule has 0 saturated carbocycles. The molecule has 1 spiro atoms. The first-order valence-corrected chi connectivity index (χ1v) is 9.67. The topological polar surface area (TPSA) is 17.1 Å². The maximum absolute atomic E-state index is 12.8. The highest BCUT2D eigenvalue weighted by Gasteiger charge is 2.49. The van der Waals surface area contributed by atoms with E-state index in [-0.39, 0.29) is 5.78 Å². The fourth-order valence-corrected chi connectivity index (χ4v) is 5.19. The summed E-state index contributed by atoms with van der Waals surface area (Å²) in [5, 5.41) is 0. The largest absolute Gasteiger partial charge is 0.295 e. The smallest absolute Gasteiger partial charge is 0.157 e. The number of fused-ring (bicyclic) bond motifs is 8. The van der Waals surface area contributed by atoms with Gasteiger partial charge in [-0.1, -0.05) is 78.9 Å². The first kappa shape index (κ1) is 15.6. The molecular weight excluding hydrogens is 340 g/mol. The van der Waals surface area contributed by atoms with Gasteiger partial charge in [-0.15, -0.1) is 0 Å². The van der Waals surface area contributed by atoms with Crippen molar-refractivity contribution >= 4 is 29.1 Å². The molecule has 6 rings (SSSR count). The van der Waals surface area contributed by atoms with Crippen LogP contribution in [-0.2, 0) is 4.79 Å². The Labute approximate surface area is 164 Å². The van der Waals surface area contributed by atoms with Crippen LogP contribution in [0.15, 0.2) is 95.6 Å². The van der Waals surface area contributed by atoms with Gasteiger partial charge in [-0.2, -0.15) is 0 Å². The van der Waals surface area contributed by atoms with Crippen LogP contribution in [0.5, 0.6) is 0 Å². The fraction of sp³-hybridized carbons (Fsp3) is 0.0741. The van der Waals surface area contributed by atoms with E-state index in [2.05, 4.69) is 85.0 Å². The zero-order valence-electron chi connectivity index (χ0n) is 15.6. The summed E-state index contributed by atoms with van der Waals surface area (Å²) in [6.07, 6.45) is 15.2. The van der Waals surface area contributed by atoms with Crippen molar-refractivity contribution in [1.82, 2.24) is 0 Å². The maximum atomic E-state index is 12.8. The lowest BCUT2D eigenvalue weighted by Gasteiger charge is -2.40. The molecule has 0 aromatic heterocycles. The normalized spacial score (nSPS) is 23.0. The van der Waals surface area contributed by atoms with Crippen molar-refractivity contribution in [2.24, 2.45) is 5.41 Å². The summed E-state index contributed by atoms with van der Waals surface area (Å²) in [5.74, 6) is 0.120. The Bertz CT molecular complexity index is 1250. The molecule has 1 nitrogen and oxygen atoms in total. The second-order valence-electron chi connectivity index (χ2n) is 7.75. The lowest BCUT2D eigenvalue weighted by molar-refractivity contribution is -0.114. The lowest BCUT2D eigenvalue weighted by atomic mass is 9.60. The third-order valence-electron chi connectivity index (χ3n) is 6.36. The first-order valence-electron chi connectivity index (χ1n) is 9.67. The highest BCUT2D eigenvalue weighted by molar-refractivity contribution is 6.11. The van der Waals surface area contributed by atoms with Gasteiger partial charge in [0.05, 0.1) is 5.41 Å². The van der Waals surface area contributed by atoms with E-state index in [0.29, 0.717) is 0 Å². The summed E-state index contributed by atoms with van der Waals surface area (Å²) < 4.78 is 0. The third-order valence-corrected chi connectivity index (χ3v) is 6.36. The molecule has 132 valence electrons. The van der Waals surface area contributed by atoms with Crippen LogP contribution in [0.3, 0.4) is 0 Å². The van der Waals surface area contributed by atoms with Crippen molar-refractivity contribution in [2.45, 2.75) is 6.92 Å². The van der Waals surface area contributed by atoms with E-state index >= 15 is 0 Å². The Morgan fingerprint density at radius 3 is 1.93 bits per heavy atom. The van der Waals surface area contributed by atoms with E-state index in [1.165, 1.54) is 44.5 Å². The van der Waals surface area contributed by atoms with Gasteiger partial charge in [0, 0.05) is 5.57 Å². The van der Waals surface area contributed by atoms with Crippen LogP contribution in [0.4, 0.5) is 0 Å². The SMILES string of the molecule is CC(=O)C1=CC=C2C(=Cc3ccccc32)C12C=CC=C1C2=Cc2ccccc21. The van der Waals surface area contributed by atoms with E-state index in [9.17, 15) is 4.79 Å². The Balaban J connectivity index is 1.66. The highest BCUT2D eigenvalue weighted by atomic mass is 16.1. The van der Waals surface area contributed by atoms with Gasteiger partial charge in [0.15, 0.2) is 5.78 Å². The Morgan fingerprint density at radius 1 is 0.750 bits per heavy atom. The second kappa shape index (κ2) is 5.30. The lowest BCUT2D eigenvalue weighted by Crippen LogP contribution is -2.32. The standard InChI is InChI=1S/C27H18O/c1-17(28)24-13-12-23-21-10-5-3-8-19(21)16-26(23)27(24)14-6-11-22-20-9-4-2-7-18(20)15-25(22)27/h2-16H,1H3. The number of carbonyl (C=O) groups excluding carboxylic acids is 1. The summed E-state index contributed by atoms with van der Waals surface area (Å²) in [7, 11) is 0. The molecule has 0 amide bonds. The Hall–Kier alpha value is -3.45. The zero-order chi connectivity index (χ0) is 18.9. The van der Waals surface area contributed by atoms with E-state index in [1.807, 2.05) is 6.08 Å². The quantitative estimate of drug-likeness (QED) is 0.608. The van der Waals surface area contributed by atoms with Crippen LogP contribution in [0.2, 0.25) is 0 Å². The van der Waals surface area contributed by atoms with Crippen molar-refractivity contribution in [1.29, 1.82) is 0 Å². The molecule has 2 aromatic carbocycles. The monoisotopic (exact) mass is 358 g/mol. The van der Waals surface area contributed by atoms with Crippen LogP contribution in [0.1, 0.15) is 29.2 Å². The summed E-state index contributed by atoms with van der Waals surface area (Å²) in [6.45, 7) is 1.68. The molecule has 0 heterocycles. The Morgan fingerprint density at radius 2 is 1.32 bits per heavy atom. The van der Waals surface area contributed by atoms with Gasteiger partial charge in [-0.3, -0.25) is 4.79 Å². The van der Waals surface area contributed by atoms with Crippen molar-refractivity contribution < 1.29 is 4.79 Å². The average Bonchev–Trinajstić information content (AvgIpc) is 3.28. The molecule has 0 saturated heterocycles. The predicted octanol–water partition coefficient (Wildman–Crippen LogP) is 6.03. The van der Waals surface area contributed by atoms with E-state index in [4.69, 9.17) is 0 Å². The molecule has 4 aliphatic carbocycles. The molecule has 0 bridgehead atoms. The first-order chi connectivity index (χ1) is 13.7. The fourth-order valence-electron chi connectivity index (χ4n) is 5.19. The molecule has 28 heavy (non-hydrogen) atoms. The zero-order valence-corrected chi connectivity index (χ0v) is 15.6. The van der Waals surface area contributed by atoms with Crippen LogP contribution >= 0.6 is 0 Å². The van der Waals surface area contributed by atoms with E-state index in [0.717, 1.165) is 5.57 Å². The molecule has 4 aliphatic rings. The number of benzene rings is 2. The number of allylic oxidation sites excluding steroid dienone is 10. The van der Waals surface area contributed by atoms with Gasteiger partial charge in [-0.05, 0) is 63.6 Å². The minimum Gasteiger partial charge on any atom is -0.295 e. The third kappa shape index (κ3) is 1.79. The van der Waals surface area contributed by atoms with Crippen molar-refractivity contribution in [3.63, 3.8) is 0 Å². The van der Waals surface area contributed by atoms with Gasteiger partial charge < -0.3 is 0 Å². The van der Waals surface area contributed by atoms with Crippen LogP contribution in [0, 0.1) is 5.41 Å². The molecule has 0 fully saturated rings. The summed E-state index contributed by atoms with van der Waals surface area (Å²) >= 11 is 0. The number of Topliss-reactive ketones (excluding diaryl/α,β-unsaturated/α-hetero) is 1. The molecular formula is C27H18O. The molecule has 1 heteroatoms. The average molecular weight is 358 g/mol. The number of rotatable bonds is 1. The van der Waals surface area contributed by atoms with Crippen LogP contribution < -0.4 is 0 Å². The molecule has 0 aliphatic heterocycles. The number of ketones is 1. The minimum absolute atomic E-state index is 0.120. The number of hydrogen-bond acceptors (Lipinski definition) is 1. The predicted molar refractivity (Wildman–Crippen MR) is 115 cm³/mol. The molecule has 0 radical (unpaired) electrons. The van der Waals surface area contributed by atoms with Crippen molar-refractivity contribution in [3.8, 4) is 0 Å². The molecule has 1 atom stereocenters. The van der Waals surface area contributed by atoms with E-state index in [1.54, 1.807) is 6.92 Å². The summed E-state index contributed by atoms with van der Waals surface area (Å²) in [6, 6.07) is 17.0. The highest BCUT2D eigenvalue weighted by Crippen LogP contribution is 2.61. The number of carbonyl (C=O) groups is 1. The maximum Gasteiger partial charge on any atom is 0.157 e. The number of hydrogen-bond donors (Lipinski definition) is 0. The van der Waals surface area contributed by atoms with E-state index < -0.39 is 5.41 Å². The van der Waals surface area contributed by atoms with Crippen molar-refractivity contribution in [2.75, 3.05) is 0 Å². The van der Waals surface area contributed by atoms with Crippen LogP contribution in [-0.4, -0.2) is 5.78 Å². The van der Waals surface area contributed by atoms with Gasteiger partial charge >= 0.3 is 0 Å². The summed E-state index contributed by atoms with van der Waals surface area (Å²) in [5.41, 5.74) is 10.1. The van der Waals surface area contributed by atoms with Gasteiger partial charge in [0.1, 0.15) is 0 Å². The molecule has 1 unspecified atom stereocenters.